The molecule has 2 bridgehead atoms. The Morgan fingerprint density at radius 1 is 0.929 bits per heavy atom. The monoisotopic (exact) mass is 184 g/mol. The van der Waals surface area contributed by atoms with Crippen molar-refractivity contribution in [1.82, 2.24) is 0 Å². The Morgan fingerprint density at radius 2 is 1.79 bits per heavy atom. The molecule has 3 rings (SSSR count). The lowest BCUT2D eigenvalue weighted by molar-refractivity contribution is 0.483. The maximum atomic E-state index is 5.64. The molecular weight excluding hydrogens is 176 g/mol. The fourth-order valence-electron chi connectivity index (χ4n) is 1.46. The third-order valence-corrected chi connectivity index (χ3v) is 2.11. The second-order valence-electron chi connectivity index (χ2n) is 3.13. The predicted octanol–water partition coefficient (Wildman–Crippen LogP) is 3.66. The topological polar surface area (TPSA) is 22.4 Å². The van der Waals surface area contributed by atoms with E-state index in [4.69, 9.17) is 9.15 Å². The lowest BCUT2D eigenvalue weighted by atomic mass is 10.3. The molecule has 0 aliphatic rings. The quantitative estimate of drug-likeness (QED) is 0.606. The molecule has 14 heavy (non-hydrogen) atoms. The minimum atomic E-state index is 0.786. The van der Waals surface area contributed by atoms with E-state index in [1.54, 1.807) is 0 Å². The number of ether oxygens (including phenoxy) is 1. The van der Waals surface area contributed by atoms with Crippen molar-refractivity contribution in [2.24, 2.45) is 0 Å². The van der Waals surface area contributed by atoms with Gasteiger partial charge in [0.15, 0.2) is 11.3 Å². The molecule has 0 saturated heterocycles. The van der Waals surface area contributed by atoms with Crippen LogP contribution in [0.15, 0.2) is 52.9 Å². The molecule has 3 aromatic rings. The van der Waals surface area contributed by atoms with Gasteiger partial charge in [0, 0.05) is 6.07 Å². The third kappa shape index (κ3) is 1.12. The van der Waals surface area contributed by atoms with Crippen molar-refractivity contribution < 1.29 is 9.15 Å². The highest BCUT2D eigenvalue weighted by Crippen LogP contribution is 2.32. The van der Waals surface area contributed by atoms with Crippen molar-refractivity contribution in [2.45, 2.75) is 0 Å². The molecule has 2 nitrogen and oxygen atoms in total. The van der Waals surface area contributed by atoms with Crippen molar-refractivity contribution in [3.63, 3.8) is 0 Å². The van der Waals surface area contributed by atoms with Crippen LogP contribution in [0.3, 0.4) is 0 Å². The highest BCUT2D eigenvalue weighted by molar-refractivity contribution is 5.70. The highest BCUT2D eigenvalue weighted by Gasteiger charge is 2.08. The molecule has 68 valence electrons. The molecule has 1 aromatic carbocycles. The molecule has 0 atom stereocenters. The van der Waals surface area contributed by atoms with Gasteiger partial charge in [0.1, 0.15) is 11.3 Å². The molecule has 0 unspecified atom stereocenters. The van der Waals surface area contributed by atoms with E-state index >= 15 is 0 Å². The Hall–Kier alpha value is -1.96. The van der Waals surface area contributed by atoms with Crippen LogP contribution in [0.1, 0.15) is 0 Å². The van der Waals surface area contributed by atoms with Crippen molar-refractivity contribution >= 4 is 11.2 Å². The van der Waals surface area contributed by atoms with Gasteiger partial charge >= 0.3 is 0 Å². The van der Waals surface area contributed by atoms with Gasteiger partial charge in [-0.15, -0.1) is 0 Å². The standard InChI is InChI=1S/C12H8O2/c1-2-4-9(5-3-1)13-12-8-10-6-7-11(12)14-10/h1-8H. The molecule has 0 radical (unpaired) electrons. The molecule has 0 aliphatic heterocycles. The van der Waals surface area contributed by atoms with Gasteiger partial charge in [0.2, 0.25) is 0 Å². The summed E-state index contributed by atoms with van der Waals surface area (Å²) < 4.78 is 11.0. The van der Waals surface area contributed by atoms with Crippen LogP contribution < -0.4 is 4.74 Å². The second-order valence-corrected chi connectivity index (χ2v) is 3.13. The van der Waals surface area contributed by atoms with Crippen molar-refractivity contribution in [3.8, 4) is 11.5 Å². The lowest BCUT2D eigenvalue weighted by Gasteiger charge is -2.01. The van der Waals surface area contributed by atoms with Gasteiger partial charge in [0.05, 0.1) is 0 Å². The summed E-state index contributed by atoms with van der Waals surface area (Å²) in [6, 6.07) is 15.4. The van der Waals surface area contributed by atoms with Crippen LogP contribution in [0.4, 0.5) is 0 Å². The fraction of sp³-hybridized carbons (Fsp3) is 0. The molecule has 2 heterocycles. The first-order valence-corrected chi connectivity index (χ1v) is 4.47. The van der Waals surface area contributed by atoms with Gasteiger partial charge in [-0.1, -0.05) is 18.2 Å². The summed E-state index contributed by atoms with van der Waals surface area (Å²) >= 11 is 0. The maximum Gasteiger partial charge on any atom is 0.173 e. The summed E-state index contributed by atoms with van der Waals surface area (Å²) in [6.45, 7) is 0. The molecule has 0 fully saturated rings. The number of fused-ring (bicyclic) bond motifs is 2. The van der Waals surface area contributed by atoms with Gasteiger partial charge in [-0.3, -0.25) is 0 Å². The first-order chi connectivity index (χ1) is 6.92. The van der Waals surface area contributed by atoms with E-state index in [-0.39, 0.29) is 0 Å². The van der Waals surface area contributed by atoms with E-state index < -0.39 is 0 Å². The number of para-hydroxylation sites is 1. The van der Waals surface area contributed by atoms with Gasteiger partial charge < -0.3 is 9.15 Å². The van der Waals surface area contributed by atoms with Gasteiger partial charge in [-0.25, -0.2) is 0 Å². The zero-order valence-electron chi connectivity index (χ0n) is 7.44. The van der Waals surface area contributed by atoms with E-state index in [2.05, 4.69) is 0 Å². The summed E-state index contributed by atoms with van der Waals surface area (Å²) in [7, 11) is 0. The van der Waals surface area contributed by atoms with Crippen LogP contribution in [0.25, 0.3) is 11.2 Å². The van der Waals surface area contributed by atoms with E-state index in [1.807, 2.05) is 48.5 Å². The Bertz CT molecular complexity index is 525. The molecule has 0 saturated carbocycles. The average molecular weight is 184 g/mol. The molecule has 0 amide bonds. The molecule has 2 heteroatoms. The summed E-state index contributed by atoms with van der Waals surface area (Å²) in [5.74, 6) is 1.62. The van der Waals surface area contributed by atoms with Crippen LogP contribution in [-0.2, 0) is 0 Å². The number of rotatable bonds is 2. The minimum absolute atomic E-state index is 0.786. The first kappa shape index (κ1) is 7.44. The van der Waals surface area contributed by atoms with Crippen LogP contribution in [-0.4, -0.2) is 0 Å². The van der Waals surface area contributed by atoms with Gasteiger partial charge in [-0.05, 0) is 24.3 Å². The number of hydrogen-bond donors (Lipinski definition) is 0. The molecule has 2 aromatic heterocycles. The Kier molecular flexibility index (Phi) is 1.47. The Labute approximate surface area is 81.1 Å². The summed E-state index contributed by atoms with van der Waals surface area (Å²) in [5.41, 5.74) is 1.65. The summed E-state index contributed by atoms with van der Waals surface area (Å²) in [4.78, 5) is 0. The predicted molar refractivity (Wildman–Crippen MR) is 53.9 cm³/mol. The van der Waals surface area contributed by atoms with Crippen molar-refractivity contribution in [1.29, 1.82) is 0 Å². The third-order valence-electron chi connectivity index (χ3n) is 2.11. The number of furan rings is 2. The van der Waals surface area contributed by atoms with Crippen molar-refractivity contribution in [3.05, 3.63) is 48.5 Å². The first-order valence-electron chi connectivity index (χ1n) is 4.47. The average Bonchev–Trinajstić information content (AvgIpc) is 2.81. The molecular formula is C12H8O2. The SMILES string of the molecule is c1ccc(Oc2cc3ccc2o3)cc1. The summed E-state index contributed by atoms with van der Waals surface area (Å²) in [6.07, 6.45) is 0. The summed E-state index contributed by atoms with van der Waals surface area (Å²) in [5, 5.41) is 0. The second kappa shape index (κ2) is 2.77. The Morgan fingerprint density at radius 3 is 2.43 bits per heavy atom. The van der Waals surface area contributed by atoms with E-state index in [0.29, 0.717) is 0 Å². The normalized spacial score (nSPS) is 10.9. The van der Waals surface area contributed by atoms with Crippen LogP contribution in [0.5, 0.6) is 11.5 Å². The smallest absolute Gasteiger partial charge is 0.173 e. The fourth-order valence-corrected chi connectivity index (χ4v) is 1.46. The zero-order chi connectivity index (χ0) is 9.38. The van der Waals surface area contributed by atoms with Gasteiger partial charge in [0.25, 0.3) is 0 Å². The highest BCUT2D eigenvalue weighted by atomic mass is 16.5. The van der Waals surface area contributed by atoms with E-state index in [0.717, 1.165) is 22.7 Å². The van der Waals surface area contributed by atoms with Crippen molar-refractivity contribution in [2.75, 3.05) is 0 Å². The molecule has 0 aliphatic carbocycles. The molecule has 0 spiro atoms. The van der Waals surface area contributed by atoms with E-state index in [9.17, 15) is 0 Å². The maximum absolute atomic E-state index is 5.64. The number of hydrogen-bond acceptors (Lipinski definition) is 2. The molecule has 0 N–H and O–H groups in total. The Balaban J connectivity index is 1.95. The zero-order valence-corrected chi connectivity index (χ0v) is 7.44. The largest absolute Gasteiger partial charge is 0.453 e. The van der Waals surface area contributed by atoms with Crippen LogP contribution in [0.2, 0.25) is 0 Å². The minimum Gasteiger partial charge on any atom is -0.453 e. The van der Waals surface area contributed by atoms with Crippen LogP contribution in [0, 0.1) is 0 Å². The van der Waals surface area contributed by atoms with Crippen LogP contribution >= 0.6 is 0 Å². The lowest BCUT2D eigenvalue weighted by Crippen LogP contribution is -1.80. The number of benzene rings is 2. The van der Waals surface area contributed by atoms with E-state index in [1.165, 1.54) is 0 Å². The van der Waals surface area contributed by atoms with Gasteiger partial charge in [-0.2, -0.15) is 0 Å².